The molecular formula is C23H20N4O6. The van der Waals surface area contributed by atoms with Crippen LogP contribution >= 0.6 is 0 Å². The Labute approximate surface area is 188 Å². The quantitative estimate of drug-likeness (QED) is 0.433. The van der Waals surface area contributed by atoms with Crippen molar-refractivity contribution in [2.75, 3.05) is 23.9 Å². The molecule has 0 radical (unpaired) electrons. The number of carbonyl (C=O) groups is 3. The number of hydrogen-bond donors (Lipinski definition) is 1. The molecule has 4 aliphatic rings. The minimum absolute atomic E-state index is 0.0301. The first kappa shape index (κ1) is 19.9. The molecule has 33 heavy (non-hydrogen) atoms. The van der Waals surface area contributed by atoms with Crippen molar-refractivity contribution < 1.29 is 24.0 Å². The predicted molar refractivity (Wildman–Crippen MR) is 116 cm³/mol. The fourth-order valence-electron chi connectivity index (χ4n) is 6.36. The van der Waals surface area contributed by atoms with E-state index in [1.165, 1.54) is 25.3 Å². The third kappa shape index (κ3) is 2.28. The van der Waals surface area contributed by atoms with Crippen LogP contribution in [0.25, 0.3) is 0 Å². The summed E-state index contributed by atoms with van der Waals surface area (Å²) in [4.78, 5) is 55.1. The van der Waals surface area contributed by atoms with Crippen molar-refractivity contribution in [2.45, 2.75) is 24.4 Å². The normalized spacial score (nSPS) is 29.9. The van der Waals surface area contributed by atoms with E-state index >= 15 is 0 Å². The fourth-order valence-corrected chi connectivity index (χ4v) is 6.36. The van der Waals surface area contributed by atoms with Gasteiger partial charge in [0.2, 0.25) is 17.7 Å². The zero-order valence-corrected chi connectivity index (χ0v) is 17.7. The molecule has 2 aromatic rings. The first-order valence-corrected chi connectivity index (χ1v) is 10.8. The Morgan fingerprint density at radius 1 is 1.15 bits per heavy atom. The van der Waals surface area contributed by atoms with Crippen molar-refractivity contribution in [3.8, 4) is 5.75 Å². The summed E-state index contributed by atoms with van der Waals surface area (Å²) in [5.74, 6) is -2.77. The molecule has 1 spiro atoms. The average molecular weight is 448 g/mol. The van der Waals surface area contributed by atoms with Gasteiger partial charge in [0.05, 0.1) is 23.9 Å². The third-order valence-corrected chi connectivity index (χ3v) is 7.51. The molecule has 10 nitrogen and oxygen atoms in total. The minimum atomic E-state index is -1.28. The van der Waals surface area contributed by atoms with Crippen LogP contribution in [-0.2, 0) is 19.9 Å². The summed E-state index contributed by atoms with van der Waals surface area (Å²) in [5, 5.41) is 14.3. The summed E-state index contributed by atoms with van der Waals surface area (Å²) in [7, 11) is 1.37. The molecule has 6 rings (SSSR count). The number of anilines is 2. The highest BCUT2D eigenvalue weighted by Crippen LogP contribution is 2.61. The highest BCUT2D eigenvalue weighted by Gasteiger charge is 2.74. The van der Waals surface area contributed by atoms with Gasteiger partial charge in [-0.05, 0) is 31.5 Å². The zero-order valence-electron chi connectivity index (χ0n) is 17.7. The number of ether oxygens (including phenoxy) is 1. The Balaban J connectivity index is 1.55. The third-order valence-electron chi connectivity index (χ3n) is 7.51. The van der Waals surface area contributed by atoms with Gasteiger partial charge in [-0.3, -0.25) is 29.4 Å². The van der Waals surface area contributed by atoms with Gasteiger partial charge in [-0.25, -0.2) is 4.90 Å². The summed E-state index contributed by atoms with van der Waals surface area (Å²) < 4.78 is 5.33. The summed E-state index contributed by atoms with van der Waals surface area (Å²) in [6, 6.07) is 10.8. The maximum Gasteiger partial charge on any atom is 0.271 e. The van der Waals surface area contributed by atoms with Gasteiger partial charge < -0.3 is 10.1 Å². The molecule has 2 aromatic carbocycles. The Bertz CT molecular complexity index is 1260. The minimum Gasteiger partial charge on any atom is -0.495 e. The second kappa shape index (κ2) is 6.61. The lowest BCUT2D eigenvalue weighted by Gasteiger charge is -2.36. The van der Waals surface area contributed by atoms with Crippen molar-refractivity contribution in [1.82, 2.24) is 4.90 Å². The van der Waals surface area contributed by atoms with E-state index in [0.717, 1.165) is 11.3 Å². The van der Waals surface area contributed by atoms with Crippen LogP contribution in [0.4, 0.5) is 17.1 Å². The van der Waals surface area contributed by atoms with Crippen molar-refractivity contribution in [3.05, 3.63) is 58.1 Å². The van der Waals surface area contributed by atoms with E-state index in [-0.39, 0.29) is 29.1 Å². The molecule has 1 N–H and O–H groups in total. The lowest BCUT2D eigenvalue weighted by Crippen LogP contribution is -2.54. The number of imide groups is 1. The van der Waals surface area contributed by atoms with E-state index in [2.05, 4.69) is 5.32 Å². The number of hydrogen-bond acceptors (Lipinski definition) is 7. The highest BCUT2D eigenvalue weighted by atomic mass is 16.6. The number of amides is 3. The van der Waals surface area contributed by atoms with Gasteiger partial charge >= 0.3 is 0 Å². The van der Waals surface area contributed by atoms with Gasteiger partial charge in [-0.2, -0.15) is 0 Å². The number of methoxy groups -OCH3 is 1. The summed E-state index contributed by atoms with van der Waals surface area (Å²) in [5.41, 5.74) is -0.173. The zero-order chi connectivity index (χ0) is 23.1. The number of para-hydroxylation sites is 1. The first-order valence-electron chi connectivity index (χ1n) is 10.8. The van der Waals surface area contributed by atoms with Gasteiger partial charge in [0.1, 0.15) is 17.0 Å². The van der Waals surface area contributed by atoms with Gasteiger partial charge in [0.15, 0.2) is 0 Å². The first-order chi connectivity index (χ1) is 15.9. The second-order valence-corrected chi connectivity index (χ2v) is 8.80. The van der Waals surface area contributed by atoms with E-state index in [4.69, 9.17) is 4.74 Å². The lowest BCUT2D eigenvalue weighted by atomic mass is 9.75. The molecule has 0 bridgehead atoms. The van der Waals surface area contributed by atoms with E-state index in [0.29, 0.717) is 24.2 Å². The van der Waals surface area contributed by atoms with E-state index in [9.17, 15) is 24.5 Å². The Morgan fingerprint density at radius 2 is 1.94 bits per heavy atom. The number of benzene rings is 2. The Hall–Kier alpha value is -3.79. The SMILES string of the molecule is COc1ccc([N+](=O)[O-])cc1N1C(=O)[C@@H]2[C@H]3CCCN3[C@@]3(C(=O)Nc4ccccc43)[C@@H]2C1=O. The number of nitro benzene ring substituents is 1. The van der Waals surface area contributed by atoms with Crippen LogP contribution in [0.1, 0.15) is 18.4 Å². The van der Waals surface area contributed by atoms with Crippen molar-refractivity contribution >= 4 is 34.8 Å². The molecule has 0 aliphatic carbocycles. The number of nitrogens with one attached hydrogen (secondary N) is 1. The van der Waals surface area contributed by atoms with Gasteiger partial charge in [-0.15, -0.1) is 0 Å². The van der Waals surface area contributed by atoms with Crippen LogP contribution in [0.3, 0.4) is 0 Å². The number of nitrogens with zero attached hydrogens (tertiary/aromatic N) is 3. The summed E-state index contributed by atoms with van der Waals surface area (Å²) >= 11 is 0. The molecule has 4 aliphatic heterocycles. The molecule has 0 saturated carbocycles. The number of fused-ring (bicyclic) bond motifs is 7. The Morgan fingerprint density at radius 3 is 2.70 bits per heavy atom. The van der Waals surface area contributed by atoms with Gasteiger partial charge in [0.25, 0.3) is 5.69 Å². The van der Waals surface area contributed by atoms with Gasteiger partial charge in [-0.1, -0.05) is 18.2 Å². The van der Waals surface area contributed by atoms with Crippen LogP contribution in [0.5, 0.6) is 5.75 Å². The fraction of sp³-hybridized carbons (Fsp3) is 0.348. The molecule has 3 saturated heterocycles. The Kier molecular flexibility index (Phi) is 3.98. The van der Waals surface area contributed by atoms with E-state index < -0.39 is 34.1 Å². The lowest BCUT2D eigenvalue weighted by molar-refractivity contribution is -0.384. The van der Waals surface area contributed by atoms with E-state index in [1.807, 2.05) is 23.1 Å². The van der Waals surface area contributed by atoms with Crippen molar-refractivity contribution in [3.63, 3.8) is 0 Å². The number of carbonyl (C=O) groups excluding carboxylic acids is 3. The molecule has 0 aromatic heterocycles. The van der Waals surface area contributed by atoms with Crippen LogP contribution in [0.15, 0.2) is 42.5 Å². The molecule has 3 amide bonds. The molecular weight excluding hydrogens is 428 g/mol. The maximum atomic E-state index is 14.0. The average Bonchev–Trinajstić information content (AvgIpc) is 3.51. The number of non-ortho nitro benzene ring substituents is 1. The highest BCUT2D eigenvalue weighted by molar-refractivity contribution is 6.26. The van der Waals surface area contributed by atoms with Crippen LogP contribution in [0.2, 0.25) is 0 Å². The van der Waals surface area contributed by atoms with Gasteiger partial charge in [0, 0.05) is 29.4 Å². The molecule has 0 unspecified atom stereocenters. The number of nitro groups is 1. The van der Waals surface area contributed by atoms with Crippen LogP contribution in [0, 0.1) is 22.0 Å². The predicted octanol–water partition coefficient (Wildman–Crippen LogP) is 2.03. The topological polar surface area (TPSA) is 122 Å². The van der Waals surface area contributed by atoms with Crippen molar-refractivity contribution in [1.29, 1.82) is 0 Å². The van der Waals surface area contributed by atoms with Crippen LogP contribution < -0.4 is 15.0 Å². The largest absolute Gasteiger partial charge is 0.495 e. The molecule has 3 fully saturated rings. The van der Waals surface area contributed by atoms with E-state index in [1.54, 1.807) is 6.07 Å². The molecule has 4 heterocycles. The van der Waals surface area contributed by atoms with Crippen molar-refractivity contribution in [2.24, 2.45) is 11.8 Å². The standard InChI is InChI=1S/C23H20N4O6/c1-33-17-9-8-12(27(31)32)11-16(17)26-20(28)18-15-7-4-10-25(15)23(19(18)21(26)29)13-5-2-3-6-14(13)24-22(23)30/h2-3,5-6,8-9,11,15,18-19H,4,7,10H2,1H3,(H,24,30)/t15-,18-,19+,23-/m1/s1. The monoisotopic (exact) mass is 448 g/mol. The molecule has 168 valence electrons. The second-order valence-electron chi connectivity index (χ2n) is 8.80. The van der Waals surface area contributed by atoms with Crippen LogP contribution in [-0.4, -0.2) is 47.2 Å². The summed E-state index contributed by atoms with van der Waals surface area (Å²) in [6.07, 6.45) is 1.50. The molecule has 4 atom stereocenters. The number of rotatable bonds is 3. The summed E-state index contributed by atoms with van der Waals surface area (Å²) in [6.45, 7) is 0.611. The smallest absolute Gasteiger partial charge is 0.271 e. The molecule has 10 heteroatoms. The maximum absolute atomic E-state index is 14.0.